The van der Waals surface area contributed by atoms with E-state index in [0.29, 0.717) is 0 Å². The third kappa shape index (κ3) is 20.2. The molecule has 0 amide bonds. The van der Waals surface area contributed by atoms with Crippen molar-refractivity contribution in [2.45, 2.75) is 0 Å². The van der Waals surface area contributed by atoms with E-state index >= 15 is 0 Å². The van der Waals surface area contributed by atoms with Gasteiger partial charge in [-0.05, 0) is 0 Å². The zero-order valence-corrected chi connectivity index (χ0v) is 53.3. The molecule has 80 heavy (non-hydrogen) atoms. The predicted octanol–water partition coefficient (Wildman–Crippen LogP) is 15.1. The minimum absolute atomic E-state index is 0. The van der Waals surface area contributed by atoms with Crippen LogP contribution < -0.4 is 42.4 Å². The maximum Gasteiger partial charge on any atom is 3.00 e. The van der Waals surface area contributed by atoms with Crippen LogP contribution in [-0.2, 0) is 89.5 Å². The Balaban J connectivity index is 0.000000297. The predicted molar refractivity (Wildman–Crippen MR) is 295 cm³/mol. The molecule has 0 nitrogen and oxygen atoms in total. The molecule has 10 aromatic rings. The maximum absolute atomic E-state index is 12.0. The molecule has 0 aliphatic heterocycles. The van der Waals surface area contributed by atoms with E-state index in [1.807, 2.05) is 0 Å². The van der Waals surface area contributed by atoms with Gasteiger partial charge >= 0.3 is 44.8 Å². The van der Waals surface area contributed by atoms with Crippen LogP contribution in [-0.4, -0.2) is 0 Å². The Labute approximate surface area is 527 Å². The van der Waals surface area contributed by atoms with Crippen molar-refractivity contribution < 1.29 is 133 Å². The van der Waals surface area contributed by atoms with Gasteiger partial charge in [-0.15, -0.1) is 12.1 Å². The standard InChI is InChI=1S/2C25H21P2.2C6F5.4Au/c2*1-5-13-22(14-6-1)26(23-15-7-2-8-16-23)21-27(24-17-9-3-10-18-24)25-19-11-4-12-20-25;2*7-2-1-3(8)5(10)6(11)4(2)9;;;;/h2*1-21H;;;;;;/q4*-1;;;2*+3. The molecule has 0 fully saturated rings. The van der Waals surface area contributed by atoms with E-state index in [-0.39, 0.29) is 89.5 Å². The van der Waals surface area contributed by atoms with Crippen LogP contribution in [0.5, 0.6) is 0 Å². The number of halogens is 10. The van der Waals surface area contributed by atoms with Crippen molar-refractivity contribution in [1.82, 2.24) is 0 Å². The fraction of sp³-hybridized carbons (Fsp3) is 0. The summed E-state index contributed by atoms with van der Waals surface area (Å²) in [7, 11) is -2.13. The van der Waals surface area contributed by atoms with Crippen molar-refractivity contribution >= 4 is 74.1 Å². The van der Waals surface area contributed by atoms with Gasteiger partial charge in [0.1, 0.15) is 0 Å². The minimum atomic E-state index is -2.17. The van der Waals surface area contributed by atoms with Crippen molar-refractivity contribution in [3.8, 4) is 0 Å². The van der Waals surface area contributed by atoms with E-state index in [4.69, 9.17) is 0 Å². The van der Waals surface area contributed by atoms with Crippen LogP contribution in [0.4, 0.5) is 43.9 Å². The summed E-state index contributed by atoms with van der Waals surface area (Å²) in [5.74, 6) is -14.9. The first-order chi connectivity index (χ1) is 36.9. The fourth-order valence-electron chi connectivity index (χ4n) is 7.06. The van der Waals surface area contributed by atoms with Gasteiger partial charge in [0.2, 0.25) is 0 Å². The number of benzene rings is 10. The molecule has 0 N–H and O–H groups in total. The third-order valence-corrected chi connectivity index (χ3v) is 21.2. The molecule has 0 heterocycles. The monoisotopic (exact) mass is 1890 g/mol. The Kier molecular flexibility index (Phi) is 32.3. The number of rotatable bonds is 12. The van der Waals surface area contributed by atoms with Crippen LogP contribution >= 0.6 is 31.7 Å². The molecule has 422 valence electrons. The van der Waals surface area contributed by atoms with Crippen LogP contribution in [0.15, 0.2) is 243 Å². The second-order valence-electron chi connectivity index (χ2n) is 15.8. The largest absolute Gasteiger partial charge is 3.00 e. The van der Waals surface area contributed by atoms with Gasteiger partial charge in [0.15, 0.2) is 0 Å². The van der Waals surface area contributed by atoms with Gasteiger partial charge in [-0.3, -0.25) is 29.4 Å². The summed E-state index contributed by atoms with van der Waals surface area (Å²) in [6, 6.07) is 89.4. The smallest absolute Gasteiger partial charge is 0.278 e. The fourth-order valence-corrected chi connectivity index (χ4v) is 18.3. The van der Waals surface area contributed by atoms with E-state index in [1.54, 1.807) is 0 Å². The quantitative estimate of drug-likeness (QED) is 0.0286. The van der Waals surface area contributed by atoms with E-state index in [9.17, 15) is 43.9 Å². The van der Waals surface area contributed by atoms with Crippen molar-refractivity contribution in [3.05, 3.63) is 325 Å². The summed E-state index contributed by atoms with van der Waals surface area (Å²) >= 11 is 0. The topological polar surface area (TPSA) is 0 Å². The first kappa shape index (κ1) is 70.4. The average Bonchev–Trinajstić information content (AvgIpc) is 3.49. The van der Waals surface area contributed by atoms with Gasteiger partial charge in [-0.2, -0.15) is 31.7 Å². The second-order valence-corrected chi connectivity index (χ2v) is 24.7. The van der Waals surface area contributed by atoms with E-state index in [0.717, 1.165) is 12.1 Å². The van der Waals surface area contributed by atoms with Crippen LogP contribution in [0.25, 0.3) is 0 Å². The zero-order valence-electron chi connectivity index (χ0n) is 41.0. The molecule has 10 aromatic carbocycles. The first-order valence-electron chi connectivity index (χ1n) is 23.0. The SMILES string of the molecule is Fc1[c-]c(F)c(F)c(F)c1F.Fc1[c-]c(F)c(F)c(F)c1F.[Au+3].[Au+3].[Au].[Au].c1ccc(P([CH-]P(c2ccccc2)c2ccccc2)c2ccccc2)cc1.c1ccc(P([CH-]P(c2ccccc2)c2ccccc2)c2ccccc2)cc1. The molecule has 18 heteroatoms. The molecule has 0 aliphatic carbocycles. The molecule has 0 bridgehead atoms. The van der Waals surface area contributed by atoms with Crippen LogP contribution in [0, 0.1) is 82.1 Å². The molecule has 0 atom stereocenters. The summed E-state index contributed by atoms with van der Waals surface area (Å²) < 4.78 is 120. The summed E-state index contributed by atoms with van der Waals surface area (Å²) in [6.07, 6.45) is 0. The second kappa shape index (κ2) is 36.7. The van der Waals surface area contributed by atoms with Gasteiger partial charge in [0.25, 0.3) is 0 Å². The van der Waals surface area contributed by atoms with Gasteiger partial charge < -0.3 is 0 Å². The van der Waals surface area contributed by atoms with Crippen molar-refractivity contribution in [2.24, 2.45) is 0 Å². The van der Waals surface area contributed by atoms with Crippen molar-refractivity contribution in [3.63, 3.8) is 0 Å². The van der Waals surface area contributed by atoms with Crippen molar-refractivity contribution in [1.29, 1.82) is 0 Å². The Hall–Kier alpha value is -3.82. The van der Waals surface area contributed by atoms with Gasteiger partial charge in [0.05, 0.1) is 58.2 Å². The van der Waals surface area contributed by atoms with Crippen LogP contribution in [0.1, 0.15) is 0 Å². The van der Waals surface area contributed by atoms with E-state index in [1.165, 1.54) is 42.4 Å². The minimum Gasteiger partial charge on any atom is -0.278 e. The molecule has 0 saturated carbocycles. The van der Waals surface area contributed by atoms with Crippen molar-refractivity contribution in [2.75, 3.05) is 0 Å². The molecule has 0 spiro atoms. The van der Waals surface area contributed by atoms with E-state index in [2.05, 4.69) is 254 Å². The molecule has 10 rings (SSSR count). The number of hydrogen-bond acceptors (Lipinski definition) is 0. The molecule has 0 aliphatic rings. The normalized spacial score (nSPS) is 10.3. The van der Waals surface area contributed by atoms with Gasteiger partial charge in [0, 0.05) is 44.8 Å². The summed E-state index contributed by atoms with van der Waals surface area (Å²) in [5.41, 5.74) is 0. The van der Waals surface area contributed by atoms with Gasteiger partial charge in [-0.1, -0.05) is 285 Å². The Morgan fingerprint density at radius 2 is 0.338 bits per heavy atom. The molecular weight excluding hydrogens is 1850 g/mol. The Morgan fingerprint density at radius 1 is 0.212 bits per heavy atom. The van der Waals surface area contributed by atoms with Crippen LogP contribution in [0.2, 0.25) is 0 Å². The molecule has 0 aromatic heterocycles. The van der Waals surface area contributed by atoms with E-state index < -0.39 is 89.9 Å². The average molecular weight is 1890 g/mol. The summed E-state index contributed by atoms with van der Waals surface area (Å²) in [6.45, 7) is 0. The molecule has 0 unspecified atom stereocenters. The maximum atomic E-state index is 12.0. The summed E-state index contributed by atoms with van der Waals surface area (Å²) in [5, 5.41) is 11.2. The summed E-state index contributed by atoms with van der Waals surface area (Å²) in [4.78, 5) is 0. The molecule has 0 saturated heterocycles. The third-order valence-electron chi connectivity index (χ3n) is 10.7. The van der Waals surface area contributed by atoms with Gasteiger partial charge in [-0.25, -0.2) is 26.3 Å². The zero-order chi connectivity index (χ0) is 53.8. The number of hydrogen-bond donors (Lipinski definition) is 0. The first-order valence-corrected chi connectivity index (χ1v) is 28.6. The Morgan fingerprint density at radius 3 is 0.463 bits per heavy atom. The molecule has 2 radical (unpaired) electrons. The molecular formula is C62H42Au4F10P4+2. The van der Waals surface area contributed by atoms with Crippen LogP contribution in [0.3, 0.4) is 0 Å². The Bertz CT molecular complexity index is 2740.